The van der Waals surface area contributed by atoms with E-state index in [2.05, 4.69) is 46.2 Å². The van der Waals surface area contributed by atoms with Gasteiger partial charge in [0.2, 0.25) is 0 Å². The van der Waals surface area contributed by atoms with Crippen molar-refractivity contribution in [3.8, 4) is 5.75 Å². The number of aryl methyl sites for hydroxylation is 2. The normalized spacial score (nSPS) is 17.8. The predicted octanol–water partition coefficient (Wildman–Crippen LogP) is 4.72. The number of carboxylic acid groups (broad SMARTS) is 1. The van der Waals surface area contributed by atoms with Crippen molar-refractivity contribution in [2.45, 2.75) is 85.9 Å². The lowest BCUT2D eigenvalue weighted by Crippen LogP contribution is -2.47. The average molecular weight is 522 g/mol. The van der Waals surface area contributed by atoms with Gasteiger partial charge in [0, 0.05) is 32.4 Å². The van der Waals surface area contributed by atoms with E-state index >= 15 is 0 Å². The van der Waals surface area contributed by atoms with Gasteiger partial charge in [-0.2, -0.15) is 0 Å². The largest absolute Gasteiger partial charge is 0.487 e. The van der Waals surface area contributed by atoms with Crippen LogP contribution in [0.2, 0.25) is 0 Å². The molecule has 1 aliphatic rings. The number of fused-ring (bicyclic) bond motifs is 1. The van der Waals surface area contributed by atoms with Crippen LogP contribution in [-0.2, 0) is 41.4 Å². The Morgan fingerprint density at radius 1 is 1.24 bits per heavy atom. The molecule has 9 nitrogen and oxygen atoms in total. The maximum Gasteiger partial charge on any atom is 0.312 e. The molecule has 0 aliphatic carbocycles. The molecule has 0 radical (unpaired) electrons. The van der Waals surface area contributed by atoms with Crippen LogP contribution in [0.4, 0.5) is 0 Å². The molecule has 2 aromatic heterocycles. The van der Waals surface area contributed by atoms with Gasteiger partial charge in [0.05, 0.1) is 23.9 Å². The minimum Gasteiger partial charge on any atom is -0.487 e. The van der Waals surface area contributed by atoms with Crippen LogP contribution < -0.4 is 4.74 Å². The van der Waals surface area contributed by atoms with E-state index in [9.17, 15) is 9.90 Å². The molecule has 1 aromatic carbocycles. The van der Waals surface area contributed by atoms with Crippen LogP contribution in [-0.4, -0.2) is 48.6 Å². The first kappa shape index (κ1) is 27.7. The van der Waals surface area contributed by atoms with Gasteiger partial charge in [0.15, 0.2) is 0 Å². The summed E-state index contributed by atoms with van der Waals surface area (Å²) in [5.74, 6) is -0.0889. The Bertz CT molecular complexity index is 1270. The first-order chi connectivity index (χ1) is 18.1. The van der Waals surface area contributed by atoms with E-state index in [1.165, 1.54) is 0 Å². The molecule has 3 aromatic rings. The maximum atomic E-state index is 12.5. The number of hydrogen-bond donors (Lipinski definition) is 1. The van der Waals surface area contributed by atoms with E-state index in [0.717, 1.165) is 41.1 Å². The monoisotopic (exact) mass is 521 g/mol. The Kier molecular flexibility index (Phi) is 8.18. The van der Waals surface area contributed by atoms with Crippen molar-refractivity contribution in [1.29, 1.82) is 0 Å². The Hall–Kier alpha value is -3.30. The van der Waals surface area contributed by atoms with E-state index in [1.54, 1.807) is 24.7 Å². The van der Waals surface area contributed by atoms with Gasteiger partial charge >= 0.3 is 5.97 Å². The first-order valence-electron chi connectivity index (χ1n) is 13.3. The maximum absolute atomic E-state index is 12.5. The Morgan fingerprint density at radius 2 is 2.03 bits per heavy atom. The molecule has 204 valence electrons. The number of nitrogens with zero attached hydrogens (tertiary/aromatic N) is 5. The summed E-state index contributed by atoms with van der Waals surface area (Å²) >= 11 is 0. The summed E-state index contributed by atoms with van der Waals surface area (Å²) in [7, 11) is 0. The van der Waals surface area contributed by atoms with Gasteiger partial charge < -0.3 is 14.6 Å². The average Bonchev–Trinajstić information content (AvgIpc) is 3.29. The number of ether oxygens (including phenoxy) is 2. The van der Waals surface area contributed by atoms with Gasteiger partial charge in [0.25, 0.3) is 0 Å². The van der Waals surface area contributed by atoms with Gasteiger partial charge in [-0.15, -0.1) is 5.10 Å². The Labute approximate surface area is 224 Å². The van der Waals surface area contributed by atoms with Crippen LogP contribution in [0.3, 0.4) is 0 Å². The van der Waals surface area contributed by atoms with Gasteiger partial charge in [0.1, 0.15) is 23.1 Å². The fraction of sp³-hybridized carbons (Fsp3) is 0.517. The smallest absolute Gasteiger partial charge is 0.312 e. The molecule has 0 bridgehead atoms. The fourth-order valence-corrected chi connectivity index (χ4v) is 4.75. The molecule has 38 heavy (non-hydrogen) atoms. The Balaban J connectivity index is 1.65. The van der Waals surface area contributed by atoms with E-state index in [4.69, 9.17) is 9.47 Å². The summed E-state index contributed by atoms with van der Waals surface area (Å²) in [5, 5.41) is 18.5. The predicted molar refractivity (Wildman–Crippen MR) is 143 cm³/mol. The van der Waals surface area contributed by atoms with Crippen LogP contribution >= 0.6 is 0 Å². The van der Waals surface area contributed by atoms with Crippen molar-refractivity contribution in [3.05, 3.63) is 70.8 Å². The van der Waals surface area contributed by atoms with Crippen molar-refractivity contribution >= 4 is 5.97 Å². The molecule has 4 rings (SSSR count). The van der Waals surface area contributed by atoms with Gasteiger partial charge in [-0.05, 0) is 69.9 Å². The quantitative estimate of drug-likeness (QED) is 0.409. The summed E-state index contributed by atoms with van der Waals surface area (Å²) in [6.07, 6.45) is 4.59. The number of rotatable bonds is 10. The van der Waals surface area contributed by atoms with Crippen molar-refractivity contribution in [1.82, 2.24) is 24.9 Å². The summed E-state index contributed by atoms with van der Waals surface area (Å²) in [6.45, 7) is 14.5. The number of pyridine rings is 1. The number of benzene rings is 1. The zero-order valence-corrected chi connectivity index (χ0v) is 23.3. The summed E-state index contributed by atoms with van der Waals surface area (Å²) in [6, 6.07) is 10.0. The van der Waals surface area contributed by atoms with Gasteiger partial charge in [-0.25, -0.2) is 0 Å². The standard InChI is InChI=1S/C29H39N5O4/c1-7-24-17-33(18-25-26(38-24)10-9-13-30-25)15-21-14-22(12-11-20(21)3)29(6,28(4,5)27(35)36)37-19-23-16-34(8-2)32-31-23/h9-14,16,24H,7-8,15,17-19H2,1-6H3,(H,35,36)/t24-,29?/m1/s1. The van der Waals surface area contributed by atoms with E-state index in [-0.39, 0.29) is 12.7 Å². The van der Waals surface area contributed by atoms with E-state index in [1.807, 2.05) is 38.2 Å². The molecule has 9 heteroatoms. The molecule has 1 aliphatic heterocycles. The third-order valence-corrected chi connectivity index (χ3v) is 7.87. The number of aromatic nitrogens is 4. The van der Waals surface area contributed by atoms with Crippen molar-refractivity contribution in [2.75, 3.05) is 6.54 Å². The highest BCUT2D eigenvalue weighted by Gasteiger charge is 2.49. The van der Waals surface area contributed by atoms with Crippen molar-refractivity contribution in [3.63, 3.8) is 0 Å². The SMILES string of the molecule is CC[C@@H]1CN(Cc2cc(C(C)(OCc3cn(CC)nn3)C(C)(C)C(=O)O)ccc2C)Cc2ncccc2O1. The molecule has 0 saturated heterocycles. The number of carbonyl (C=O) groups is 1. The zero-order chi connectivity index (χ0) is 27.5. The highest BCUT2D eigenvalue weighted by Crippen LogP contribution is 2.44. The molecule has 3 heterocycles. The van der Waals surface area contributed by atoms with Gasteiger partial charge in [-0.3, -0.25) is 19.4 Å². The van der Waals surface area contributed by atoms with E-state index in [0.29, 0.717) is 25.3 Å². The third-order valence-electron chi connectivity index (χ3n) is 7.87. The third kappa shape index (κ3) is 5.59. The molecule has 1 N–H and O–H groups in total. The van der Waals surface area contributed by atoms with Crippen molar-refractivity contribution in [2.24, 2.45) is 5.41 Å². The van der Waals surface area contributed by atoms with Crippen LogP contribution in [0.5, 0.6) is 5.75 Å². The van der Waals surface area contributed by atoms with E-state index < -0.39 is 17.0 Å². The highest BCUT2D eigenvalue weighted by atomic mass is 16.5. The zero-order valence-electron chi connectivity index (χ0n) is 23.3. The summed E-state index contributed by atoms with van der Waals surface area (Å²) in [5.41, 5.74) is 2.31. The fourth-order valence-electron chi connectivity index (χ4n) is 4.75. The Morgan fingerprint density at radius 3 is 2.71 bits per heavy atom. The first-order valence-corrected chi connectivity index (χ1v) is 13.3. The topological polar surface area (TPSA) is 103 Å². The highest BCUT2D eigenvalue weighted by molar-refractivity contribution is 5.75. The minimum atomic E-state index is -1.22. The molecular weight excluding hydrogens is 482 g/mol. The number of aliphatic carboxylic acids is 1. The lowest BCUT2D eigenvalue weighted by Gasteiger charge is -2.41. The molecular formula is C29H39N5O4. The van der Waals surface area contributed by atoms with Crippen LogP contribution in [0.25, 0.3) is 0 Å². The van der Waals surface area contributed by atoms with Crippen LogP contribution in [0.1, 0.15) is 69.1 Å². The lowest BCUT2D eigenvalue weighted by molar-refractivity contribution is -0.177. The minimum absolute atomic E-state index is 0.0695. The van der Waals surface area contributed by atoms with Crippen molar-refractivity contribution < 1.29 is 19.4 Å². The molecule has 0 spiro atoms. The van der Waals surface area contributed by atoms with Crippen LogP contribution in [0, 0.1) is 12.3 Å². The lowest BCUT2D eigenvalue weighted by atomic mass is 9.71. The molecule has 0 fully saturated rings. The molecule has 2 atom stereocenters. The number of hydrogen-bond acceptors (Lipinski definition) is 7. The molecule has 1 unspecified atom stereocenters. The number of carboxylic acids is 1. The second-order valence-corrected chi connectivity index (χ2v) is 10.7. The van der Waals surface area contributed by atoms with Gasteiger partial charge in [-0.1, -0.05) is 30.3 Å². The molecule has 0 saturated carbocycles. The second kappa shape index (κ2) is 11.2. The molecule has 0 amide bonds. The summed E-state index contributed by atoms with van der Waals surface area (Å²) < 4.78 is 14.4. The second-order valence-electron chi connectivity index (χ2n) is 10.7. The van der Waals surface area contributed by atoms with Crippen LogP contribution in [0.15, 0.2) is 42.7 Å². The summed E-state index contributed by atoms with van der Waals surface area (Å²) in [4.78, 5) is 19.4.